The summed E-state index contributed by atoms with van der Waals surface area (Å²) in [4.78, 5) is 4.42. The molecule has 1 aliphatic carbocycles. The standard InChI is InChI=1S/C16H20N2OS/c1-3-17-15-13-7-5-4-6-12(13)8-9-14(15)20-16-18-11(2)10-19-16/h4-7,10,14-15,17H,3,8-9H2,1-2H3. The van der Waals surface area contributed by atoms with Gasteiger partial charge in [0.1, 0.15) is 6.26 Å². The fourth-order valence-electron chi connectivity index (χ4n) is 2.83. The quantitative estimate of drug-likeness (QED) is 0.930. The Morgan fingerprint density at radius 3 is 3.00 bits per heavy atom. The summed E-state index contributed by atoms with van der Waals surface area (Å²) in [5.74, 6) is 0. The van der Waals surface area contributed by atoms with E-state index in [2.05, 4.69) is 41.5 Å². The van der Waals surface area contributed by atoms with E-state index in [1.807, 2.05) is 6.92 Å². The number of nitrogens with zero attached hydrogens (tertiary/aromatic N) is 1. The summed E-state index contributed by atoms with van der Waals surface area (Å²) >= 11 is 1.76. The Morgan fingerprint density at radius 1 is 1.40 bits per heavy atom. The highest BCUT2D eigenvalue weighted by molar-refractivity contribution is 7.99. The van der Waals surface area contributed by atoms with Crippen molar-refractivity contribution in [3.05, 3.63) is 47.3 Å². The number of hydrogen-bond donors (Lipinski definition) is 1. The molecule has 2 unspecified atom stereocenters. The maximum Gasteiger partial charge on any atom is 0.256 e. The second kappa shape index (κ2) is 6.02. The summed E-state index contributed by atoms with van der Waals surface area (Å²) < 4.78 is 5.51. The Morgan fingerprint density at radius 2 is 2.25 bits per heavy atom. The van der Waals surface area contributed by atoms with Gasteiger partial charge in [-0.15, -0.1) is 0 Å². The fraction of sp³-hybridized carbons (Fsp3) is 0.438. The molecule has 1 aromatic carbocycles. The number of oxazole rings is 1. The summed E-state index contributed by atoms with van der Waals surface area (Å²) in [6, 6.07) is 9.13. The SMILES string of the molecule is CCNC1c2ccccc2CCC1Sc1nc(C)co1. The van der Waals surface area contributed by atoms with Crippen molar-refractivity contribution in [1.29, 1.82) is 0 Å². The minimum Gasteiger partial charge on any atom is -0.440 e. The predicted molar refractivity (Wildman–Crippen MR) is 82.1 cm³/mol. The lowest BCUT2D eigenvalue weighted by Crippen LogP contribution is -2.34. The normalized spacial score (nSPS) is 21.7. The summed E-state index contributed by atoms with van der Waals surface area (Å²) in [5.41, 5.74) is 3.85. The number of aromatic nitrogens is 1. The zero-order valence-corrected chi connectivity index (χ0v) is 12.7. The van der Waals surface area contributed by atoms with Gasteiger partial charge in [-0.1, -0.05) is 43.0 Å². The van der Waals surface area contributed by atoms with Crippen molar-refractivity contribution in [2.24, 2.45) is 0 Å². The third-order valence-corrected chi connectivity index (χ3v) is 4.93. The molecule has 3 rings (SSSR count). The number of thioether (sulfide) groups is 1. The number of fused-ring (bicyclic) bond motifs is 1. The Labute approximate surface area is 124 Å². The number of rotatable bonds is 4. The molecule has 0 radical (unpaired) electrons. The van der Waals surface area contributed by atoms with Crippen LogP contribution in [0.25, 0.3) is 0 Å². The highest BCUT2D eigenvalue weighted by atomic mass is 32.2. The van der Waals surface area contributed by atoms with Gasteiger partial charge in [-0.25, -0.2) is 4.98 Å². The molecule has 0 aliphatic heterocycles. The van der Waals surface area contributed by atoms with Crippen molar-refractivity contribution < 1.29 is 4.42 Å². The molecular weight excluding hydrogens is 268 g/mol. The minimum atomic E-state index is 0.377. The van der Waals surface area contributed by atoms with Gasteiger partial charge in [0, 0.05) is 11.3 Å². The van der Waals surface area contributed by atoms with Gasteiger partial charge >= 0.3 is 0 Å². The van der Waals surface area contributed by atoms with E-state index in [-0.39, 0.29) is 0 Å². The van der Waals surface area contributed by atoms with Gasteiger partial charge in [0.2, 0.25) is 0 Å². The molecule has 1 aromatic heterocycles. The first kappa shape index (κ1) is 13.7. The van der Waals surface area contributed by atoms with Crippen LogP contribution in [-0.2, 0) is 6.42 Å². The maximum absolute atomic E-state index is 5.51. The Hall–Kier alpha value is -1.26. The Balaban J connectivity index is 1.84. The van der Waals surface area contributed by atoms with Gasteiger partial charge in [-0.05, 0) is 37.4 Å². The number of aryl methyl sites for hydroxylation is 2. The predicted octanol–water partition coefficient (Wildman–Crippen LogP) is 3.74. The van der Waals surface area contributed by atoms with Crippen molar-refractivity contribution in [2.45, 2.75) is 43.2 Å². The molecule has 0 saturated heterocycles. The van der Waals surface area contributed by atoms with Gasteiger partial charge in [-0.3, -0.25) is 0 Å². The molecule has 0 bridgehead atoms. The van der Waals surface area contributed by atoms with E-state index < -0.39 is 0 Å². The third kappa shape index (κ3) is 2.76. The number of benzene rings is 1. The van der Waals surface area contributed by atoms with Gasteiger partial charge in [0.05, 0.1) is 5.69 Å². The van der Waals surface area contributed by atoms with Crippen LogP contribution in [0.1, 0.15) is 36.2 Å². The molecule has 0 saturated carbocycles. The van der Waals surface area contributed by atoms with Gasteiger partial charge in [0.15, 0.2) is 0 Å². The summed E-state index contributed by atoms with van der Waals surface area (Å²) in [6.07, 6.45) is 4.01. The topological polar surface area (TPSA) is 38.1 Å². The van der Waals surface area contributed by atoms with Crippen LogP contribution < -0.4 is 5.32 Å². The van der Waals surface area contributed by atoms with Crippen molar-refractivity contribution >= 4 is 11.8 Å². The third-order valence-electron chi connectivity index (χ3n) is 3.73. The molecule has 2 atom stereocenters. The van der Waals surface area contributed by atoms with Crippen LogP contribution in [-0.4, -0.2) is 16.8 Å². The summed E-state index contributed by atoms with van der Waals surface area (Å²) in [5, 5.41) is 4.89. The van der Waals surface area contributed by atoms with Gasteiger partial charge < -0.3 is 9.73 Å². The first-order chi connectivity index (χ1) is 9.78. The molecule has 1 heterocycles. The highest BCUT2D eigenvalue weighted by Crippen LogP contribution is 2.39. The molecule has 20 heavy (non-hydrogen) atoms. The average Bonchev–Trinajstić information content (AvgIpc) is 2.87. The summed E-state index contributed by atoms with van der Waals surface area (Å²) in [7, 11) is 0. The van der Waals surface area contributed by atoms with Crippen LogP contribution in [0.4, 0.5) is 0 Å². The van der Waals surface area contributed by atoms with Crippen molar-refractivity contribution in [3.63, 3.8) is 0 Å². The smallest absolute Gasteiger partial charge is 0.256 e. The minimum absolute atomic E-state index is 0.377. The van der Waals surface area contributed by atoms with E-state index >= 15 is 0 Å². The molecule has 106 valence electrons. The van der Waals surface area contributed by atoms with Gasteiger partial charge in [-0.2, -0.15) is 0 Å². The van der Waals surface area contributed by atoms with E-state index in [0.29, 0.717) is 11.3 Å². The number of nitrogens with one attached hydrogen (secondary N) is 1. The first-order valence-corrected chi connectivity index (χ1v) is 8.06. The monoisotopic (exact) mass is 288 g/mol. The maximum atomic E-state index is 5.51. The van der Waals surface area contributed by atoms with E-state index in [1.54, 1.807) is 18.0 Å². The second-order valence-electron chi connectivity index (χ2n) is 5.18. The molecule has 0 amide bonds. The fourth-order valence-corrected chi connectivity index (χ4v) is 4.01. The van der Waals surface area contributed by atoms with E-state index in [4.69, 9.17) is 4.42 Å². The Kier molecular flexibility index (Phi) is 4.13. The van der Waals surface area contributed by atoms with Crippen molar-refractivity contribution in [1.82, 2.24) is 10.3 Å². The van der Waals surface area contributed by atoms with Crippen LogP contribution in [0, 0.1) is 6.92 Å². The van der Waals surface area contributed by atoms with Crippen molar-refractivity contribution in [3.8, 4) is 0 Å². The second-order valence-corrected chi connectivity index (χ2v) is 6.37. The lowest BCUT2D eigenvalue weighted by Gasteiger charge is -2.33. The van der Waals surface area contributed by atoms with Crippen LogP contribution in [0.2, 0.25) is 0 Å². The van der Waals surface area contributed by atoms with E-state index in [0.717, 1.165) is 30.3 Å². The molecule has 1 aliphatic rings. The van der Waals surface area contributed by atoms with Crippen LogP contribution in [0.15, 0.2) is 40.2 Å². The molecular formula is C16H20N2OS. The molecule has 2 aromatic rings. The molecule has 4 heteroatoms. The number of hydrogen-bond acceptors (Lipinski definition) is 4. The summed E-state index contributed by atoms with van der Waals surface area (Å²) in [6.45, 7) is 5.10. The highest BCUT2D eigenvalue weighted by Gasteiger charge is 2.30. The lowest BCUT2D eigenvalue weighted by atomic mass is 9.87. The van der Waals surface area contributed by atoms with E-state index in [1.165, 1.54) is 11.1 Å². The first-order valence-electron chi connectivity index (χ1n) is 7.18. The Bertz CT molecular complexity index is 581. The molecule has 1 N–H and O–H groups in total. The molecule has 0 spiro atoms. The average molecular weight is 288 g/mol. The van der Waals surface area contributed by atoms with Crippen LogP contribution in [0.3, 0.4) is 0 Å². The zero-order chi connectivity index (χ0) is 13.9. The molecule has 3 nitrogen and oxygen atoms in total. The zero-order valence-electron chi connectivity index (χ0n) is 11.9. The molecule has 0 fully saturated rings. The van der Waals surface area contributed by atoms with Gasteiger partial charge in [0.25, 0.3) is 5.22 Å². The van der Waals surface area contributed by atoms with E-state index in [9.17, 15) is 0 Å². The van der Waals surface area contributed by atoms with Crippen molar-refractivity contribution in [2.75, 3.05) is 6.54 Å². The lowest BCUT2D eigenvalue weighted by molar-refractivity contribution is 0.442. The van der Waals surface area contributed by atoms with Crippen LogP contribution in [0.5, 0.6) is 0 Å². The van der Waals surface area contributed by atoms with Crippen LogP contribution >= 0.6 is 11.8 Å². The largest absolute Gasteiger partial charge is 0.440 e.